The summed E-state index contributed by atoms with van der Waals surface area (Å²) < 4.78 is 0. The van der Waals surface area contributed by atoms with Gasteiger partial charge in [0.25, 0.3) is 0 Å². The number of hydrazine groups is 1. The molecule has 0 unspecified atom stereocenters. The van der Waals surface area contributed by atoms with E-state index in [0.29, 0.717) is 0 Å². The van der Waals surface area contributed by atoms with Crippen LogP contribution in [0.3, 0.4) is 0 Å². The fourth-order valence-electron chi connectivity index (χ4n) is 1.91. The molecule has 0 heterocycles. The molecule has 94 valence electrons. The fraction of sp³-hybridized carbons (Fsp3) is 0.250. The molecule has 0 bridgehead atoms. The van der Waals surface area contributed by atoms with Crippen molar-refractivity contribution in [2.75, 3.05) is 10.9 Å². The molecule has 2 rings (SSSR count). The maximum Gasteiger partial charge on any atom is 0.0571 e. The third-order valence-electron chi connectivity index (χ3n) is 3.10. The van der Waals surface area contributed by atoms with Gasteiger partial charge in [0.1, 0.15) is 0 Å². The van der Waals surface area contributed by atoms with Crippen LogP contribution < -0.4 is 10.9 Å². The quantitative estimate of drug-likeness (QED) is 0.763. The lowest BCUT2D eigenvalue weighted by Crippen LogP contribution is -2.10. The van der Waals surface area contributed by atoms with E-state index in [1.54, 1.807) is 0 Å². The summed E-state index contributed by atoms with van der Waals surface area (Å²) in [6, 6.07) is 16.8. The van der Waals surface area contributed by atoms with Crippen LogP contribution in [0.5, 0.6) is 0 Å². The number of aryl methyl sites for hydroxylation is 2. The van der Waals surface area contributed by atoms with Gasteiger partial charge in [-0.1, -0.05) is 44.2 Å². The topological polar surface area (TPSA) is 24.1 Å². The second-order valence-corrected chi connectivity index (χ2v) is 4.31. The summed E-state index contributed by atoms with van der Waals surface area (Å²) in [5, 5.41) is 0. The second-order valence-electron chi connectivity index (χ2n) is 4.31. The largest absolute Gasteiger partial charge is 0.301 e. The van der Waals surface area contributed by atoms with Gasteiger partial charge in [-0.2, -0.15) is 0 Å². The van der Waals surface area contributed by atoms with Crippen LogP contribution in [0, 0.1) is 0 Å². The van der Waals surface area contributed by atoms with Crippen LogP contribution in [-0.4, -0.2) is 0 Å². The summed E-state index contributed by atoms with van der Waals surface area (Å²) in [5.74, 6) is 0. The number of hydrogen-bond acceptors (Lipinski definition) is 2. The summed E-state index contributed by atoms with van der Waals surface area (Å²) in [6.45, 7) is 4.33. The Kier molecular flexibility index (Phi) is 4.24. The number of rotatable bonds is 5. The third kappa shape index (κ3) is 3.04. The molecule has 0 fully saturated rings. The van der Waals surface area contributed by atoms with E-state index in [-0.39, 0.29) is 0 Å². The molecule has 0 aliphatic rings. The van der Waals surface area contributed by atoms with Crippen molar-refractivity contribution < 1.29 is 0 Å². The van der Waals surface area contributed by atoms with E-state index in [4.69, 9.17) is 0 Å². The van der Waals surface area contributed by atoms with Crippen LogP contribution in [0.4, 0.5) is 11.4 Å². The third-order valence-corrected chi connectivity index (χ3v) is 3.10. The number of anilines is 2. The Balaban J connectivity index is 2.02. The van der Waals surface area contributed by atoms with Crippen molar-refractivity contribution in [3.05, 3.63) is 59.7 Å². The molecule has 2 nitrogen and oxygen atoms in total. The highest BCUT2D eigenvalue weighted by Crippen LogP contribution is 2.16. The van der Waals surface area contributed by atoms with Crippen molar-refractivity contribution in [2.45, 2.75) is 26.7 Å². The number of nitrogens with one attached hydrogen (secondary N) is 2. The minimum atomic E-state index is 1.03. The van der Waals surface area contributed by atoms with Crippen molar-refractivity contribution in [3.63, 3.8) is 0 Å². The normalized spacial score (nSPS) is 10.1. The van der Waals surface area contributed by atoms with Crippen molar-refractivity contribution in [3.8, 4) is 0 Å². The second kappa shape index (κ2) is 6.10. The molecule has 2 N–H and O–H groups in total. The Labute approximate surface area is 109 Å². The van der Waals surface area contributed by atoms with Gasteiger partial charge in [0.15, 0.2) is 0 Å². The van der Waals surface area contributed by atoms with E-state index >= 15 is 0 Å². The van der Waals surface area contributed by atoms with E-state index in [0.717, 1.165) is 24.2 Å². The molecule has 0 aliphatic heterocycles. The predicted octanol–water partition coefficient (Wildman–Crippen LogP) is 4.25. The van der Waals surface area contributed by atoms with Gasteiger partial charge in [-0.15, -0.1) is 0 Å². The first-order valence-corrected chi connectivity index (χ1v) is 6.52. The van der Waals surface area contributed by atoms with Gasteiger partial charge in [0, 0.05) is 0 Å². The van der Waals surface area contributed by atoms with Crippen molar-refractivity contribution in [1.29, 1.82) is 0 Å². The number of para-hydroxylation sites is 1. The maximum atomic E-state index is 3.27. The lowest BCUT2D eigenvalue weighted by Gasteiger charge is -2.13. The SMILES string of the molecule is CCc1ccc(NNc2ccccc2CC)cc1. The molecule has 0 atom stereocenters. The van der Waals surface area contributed by atoms with Crippen LogP contribution in [0.15, 0.2) is 48.5 Å². The van der Waals surface area contributed by atoms with Crippen LogP contribution in [0.2, 0.25) is 0 Å². The van der Waals surface area contributed by atoms with E-state index in [1.165, 1.54) is 11.1 Å². The van der Waals surface area contributed by atoms with Gasteiger partial charge >= 0.3 is 0 Å². The summed E-state index contributed by atoms with van der Waals surface area (Å²) in [7, 11) is 0. The Morgan fingerprint density at radius 3 is 2.17 bits per heavy atom. The Hall–Kier alpha value is -1.96. The van der Waals surface area contributed by atoms with E-state index in [1.807, 2.05) is 6.07 Å². The lowest BCUT2D eigenvalue weighted by atomic mass is 10.1. The molecule has 0 aliphatic carbocycles. The highest BCUT2D eigenvalue weighted by atomic mass is 15.4. The van der Waals surface area contributed by atoms with Crippen molar-refractivity contribution in [2.24, 2.45) is 0 Å². The van der Waals surface area contributed by atoms with Crippen LogP contribution in [0.25, 0.3) is 0 Å². The van der Waals surface area contributed by atoms with Gasteiger partial charge in [-0.05, 0) is 42.2 Å². The summed E-state index contributed by atoms with van der Waals surface area (Å²) in [4.78, 5) is 0. The standard InChI is InChI=1S/C16H20N2/c1-3-13-9-11-15(12-10-13)17-18-16-8-6-5-7-14(16)4-2/h5-12,17-18H,3-4H2,1-2H3. The minimum Gasteiger partial charge on any atom is -0.301 e. The van der Waals surface area contributed by atoms with Crippen LogP contribution in [-0.2, 0) is 12.8 Å². The first-order chi connectivity index (χ1) is 8.83. The minimum absolute atomic E-state index is 1.03. The van der Waals surface area contributed by atoms with Gasteiger partial charge in [0.2, 0.25) is 0 Å². The number of benzene rings is 2. The average Bonchev–Trinajstić information content (AvgIpc) is 2.46. The zero-order valence-electron chi connectivity index (χ0n) is 11.0. The molecule has 0 aromatic heterocycles. The molecule has 18 heavy (non-hydrogen) atoms. The lowest BCUT2D eigenvalue weighted by molar-refractivity contribution is 1.13. The fourth-order valence-corrected chi connectivity index (χ4v) is 1.91. The van der Waals surface area contributed by atoms with E-state index in [2.05, 4.69) is 67.2 Å². The molecule has 0 amide bonds. The van der Waals surface area contributed by atoms with Gasteiger partial charge in [0.05, 0.1) is 11.4 Å². The van der Waals surface area contributed by atoms with E-state index in [9.17, 15) is 0 Å². The zero-order chi connectivity index (χ0) is 12.8. The maximum absolute atomic E-state index is 3.27. The molecular weight excluding hydrogens is 220 g/mol. The summed E-state index contributed by atoms with van der Waals surface area (Å²) >= 11 is 0. The highest BCUT2D eigenvalue weighted by molar-refractivity contribution is 5.56. The van der Waals surface area contributed by atoms with Gasteiger partial charge in [-0.3, -0.25) is 0 Å². The Bertz CT molecular complexity index is 489. The van der Waals surface area contributed by atoms with Gasteiger partial charge in [-0.25, -0.2) is 0 Å². The average molecular weight is 240 g/mol. The number of hydrogen-bond donors (Lipinski definition) is 2. The van der Waals surface area contributed by atoms with Crippen molar-refractivity contribution in [1.82, 2.24) is 0 Å². The monoisotopic (exact) mass is 240 g/mol. The van der Waals surface area contributed by atoms with Crippen molar-refractivity contribution >= 4 is 11.4 Å². The highest BCUT2D eigenvalue weighted by Gasteiger charge is 1.98. The zero-order valence-corrected chi connectivity index (χ0v) is 11.0. The van der Waals surface area contributed by atoms with Gasteiger partial charge < -0.3 is 10.9 Å². The molecule has 2 aromatic rings. The van der Waals surface area contributed by atoms with E-state index < -0.39 is 0 Å². The molecule has 0 radical (unpaired) electrons. The first-order valence-electron chi connectivity index (χ1n) is 6.52. The predicted molar refractivity (Wildman–Crippen MR) is 78.9 cm³/mol. The molecule has 2 heteroatoms. The molecular formula is C16H20N2. The Morgan fingerprint density at radius 2 is 1.50 bits per heavy atom. The Morgan fingerprint density at radius 1 is 0.778 bits per heavy atom. The van der Waals surface area contributed by atoms with Crippen LogP contribution in [0.1, 0.15) is 25.0 Å². The molecule has 0 saturated carbocycles. The molecule has 0 saturated heterocycles. The molecule has 0 spiro atoms. The summed E-state index contributed by atoms with van der Waals surface area (Å²) in [5.41, 5.74) is 11.4. The first kappa shape index (κ1) is 12.5. The smallest absolute Gasteiger partial charge is 0.0571 e. The molecule has 2 aromatic carbocycles. The van der Waals surface area contributed by atoms with Crippen LogP contribution >= 0.6 is 0 Å². The summed E-state index contributed by atoms with van der Waals surface area (Å²) in [6.07, 6.45) is 2.10.